The molecule has 1 aliphatic heterocycles. The second-order valence-corrected chi connectivity index (χ2v) is 6.36. The second-order valence-electron chi connectivity index (χ2n) is 6.36. The molecule has 0 spiro atoms. The first-order valence-electron chi connectivity index (χ1n) is 8.93. The molecule has 26 heavy (non-hydrogen) atoms. The van der Waals surface area contributed by atoms with Crippen LogP contribution in [0.5, 0.6) is 11.5 Å². The zero-order valence-electron chi connectivity index (χ0n) is 15.3. The van der Waals surface area contributed by atoms with Crippen LogP contribution in [0.3, 0.4) is 0 Å². The summed E-state index contributed by atoms with van der Waals surface area (Å²) in [5, 5.41) is 10.8. The normalized spacial score (nSPS) is 18.3. The summed E-state index contributed by atoms with van der Waals surface area (Å²) in [6.45, 7) is 1.22. The summed E-state index contributed by atoms with van der Waals surface area (Å²) in [7, 11) is 3.21. The maximum atomic E-state index is 10.8. The van der Waals surface area contributed by atoms with E-state index in [9.17, 15) is 5.11 Å². The van der Waals surface area contributed by atoms with Gasteiger partial charge in [0.2, 0.25) is 0 Å². The van der Waals surface area contributed by atoms with Crippen molar-refractivity contribution in [1.29, 1.82) is 0 Å². The van der Waals surface area contributed by atoms with E-state index in [4.69, 9.17) is 18.9 Å². The molecular weight excluding hydrogens is 332 g/mol. The molecule has 0 aliphatic carbocycles. The highest BCUT2D eigenvalue weighted by Crippen LogP contribution is 2.32. The summed E-state index contributed by atoms with van der Waals surface area (Å²) >= 11 is 0. The number of methoxy groups -OCH3 is 2. The quantitative estimate of drug-likeness (QED) is 0.815. The maximum Gasteiger partial charge on any atom is 0.158 e. The predicted molar refractivity (Wildman–Crippen MR) is 98.4 cm³/mol. The van der Waals surface area contributed by atoms with Crippen LogP contribution >= 0.6 is 0 Å². The minimum Gasteiger partial charge on any atom is -0.497 e. The molecule has 1 fully saturated rings. The number of hydrogen-bond donors (Lipinski definition) is 1. The Hall–Kier alpha value is -2.08. The van der Waals surface area contributed by atoms with Crippen LogP contribution in [0.15, 0.2) is 42.5 Å². The molecule has 2 aromatic carbocycles. The average molecular weight is 358 g/mol. The fourth-order valence-electron chi connectivity index (χ4n) is 3.09. The lowest BCUT2D eigenvalue weighted by Gasteiger charge is -2.23. The molecule has 0 radical (unpaired) electrons. The SMILES string of the molecule is COc1cccc(C(O)c2ccc(COC3CCCCO3)cc2OC)c1. The smallest absolute Gasteiger partial charge is 0.158 e. The van der Waals surface area contributed by atoms with Gasteiger partial charge in [-0.3, -0.25) is 0 Å². The van der Waals surface area contributed by atoms with Crippen LogP contribution < -0.4 is 9.47 Å². The largest absolute Gasteiger partial charge is 0.497 e. The van der Waals surface area contributed by atoms with E-state index in [1.165, 1.54) is 0 Å². The van der Waals surface area contributed by atoms with Crippen molar-refractivity contribution in [2.45, 2.75) is 38.3 Å². The van der Waals surface area contributed by atoms with E-state index in [0.29, 0.717) is 23.7 Å². The Morgan fingerprint density at radius 3 is 2.73 bits per heavy atom. The monoisotopic (exact) mass is 358 g/mol. The van der Waals surface area contributed by atoms with Crippen molar-refractivity contribution in [2.24, 2.45) is 0 Å². The van der Waals surface area contributed by atoms with Crippen molar-refractivity contribution < 1.29 is 24.1 Å². The summed E-state index contributed by atoms with van der Waals surface area (Å²) < 4.78 is 22.2. The molecule has 0 aromatic heterocycles. The highest BCUT2D eigenvalue weighted by atomic mass is 16.7. The van der Waals surface area contributed by atoms with E-state index < -0.39 is 6.10 Å². The fraction of sp³-hybridized carbons (Fsp3) is 0.429. The second kappa shape index (κ2) is 9.03. The van der Waals surface area contributed by atoms with Gasteiger partial charge in [0.05, 0.1) is 20.8 Å². The standard InChI is InChI=1S/C21H26O5/c1-23-17-7-5-6-16(13-17)21(22)18-10-9-15(12-19(18)24-2)14-26-20-8-3-4-11-25-20/h5-7,9-10,12-13,20-22H,3-4,8,11,14H2,1-2H3. The van der Waals surface area contributed by atoms with E-state index in [1.807, 2.05) is 42.5 Å². The van der Waals surface area contributed by atoms with Gasteiger partial charge in [-0.25, -0.2) is 0 Å². The zero-order chi connectivity index (χ0) is 18.4. The Balaban J connectivity index is 1.73. The third-order valence-electron chi connectivity index (χ3n) is 4.58. The van der Waals surface area contributed by atoms with Crippen LogP contribution in [0.4, 0.5) is 0 Å². The molecule has 0 amide bonds. The molecule has 140 valence electrons. The van der Waals surface area contributed by atoms with Gasteiger partial charge < -0.3 is 24.1 Å². The molecule has 0 bridgehead atoms. The van der Waals surface area contributed by atoms with E-state index >= 15 is 0 Å². The topological polar surface area (TPSA) is 57.2 Å². The highest BCUT2D eigenvalue weighted by Gasteiger charge is 2.18. The van der Waals surface area contributed by atoms with E-state index in [2.05, 4.69) is 0 Å². The molecule has 3 rings (SSSR count). The molecule has 1 heterocycles. The lowest BCUT2D eigenvalue weighted by Crippen LogP contribution is -2.22. The molecule has 5 nitrogen and oxygen atoms in total. The van der Waals surface area contributed by atoms with Gasteiger partial charge in [0.25, 0.3) is 0 Å². The Kier molecular flexibility index (Phi) is 6.50. The van der Waals surface area contributed by atoms with E-state index in [-0.39, 0.29) is 6.29 Å². The van der Waals surface area contributed by atoms with Crippen LogP contribution in [0, 0.1) is 0 Å². The molecule has 1 aliphatic rings. The van der Waals surface area contributed by atoms with Crippen LogP contribution in [0.2, 0.25) is 0 Å². The van der Waals surface area contributed by atoms with Crippen LogP contribution in [0.25, 0.3) is 0 Å². The zero-order valence-corrected chi connectivity index (χ0v) is 15.3. The molecule has 1 saturated heterocycles. The minimum atomic E-state index is -0.795. The van der Waals surface area contributed by atoms with Gasteiger partial charge in [-0.2, -0.15) is 0 Å². The lowest BCUT2D eigenvalue weighted by atomic mass is 9.99. The van der Waals surface area contributed by atoms with Gasteiger partial charge in [-0.05, 0) is 48.6 Å². The van der Waals surface area contributed by atoms with Crippen LogP contribution in [0.1, 0.15) is 42.1 Å². The van der Waals surface area contributed by atoms with Gasteiger partial charge in [0.15, 0.2) is 6.29 Å². The molecule has 5 heteroatoms. The molecule has 2 aromatic rings. The lowest BCUT2D eigenvalue weighted by molar-refractivity contribution is -0.168. The van der Waals surface area contributed by atoms with Gasteiger partial charge in [0.1, 0.15) is 17.6 Å². The van der Waals surface area contributed by atoms with Crippen molar-refractivity contribution in [2.75, 3.05) is 20.8 Å². The average Bonchev–Trinajstić information content (AvgIpc) is 2.72. The summed E-state index contributed by atoms with van der Waals surface area (Å²) in [6, 6.07) is 13.1. The summed E-state index contributed by atoms with van der Waals surface area (Å²) in [6.07, 6.45) is 2.25. The highest BCUT2D eigenvalue weighted by molar-refractivity contribution is 5.44. The number of aliphatic hydroxyl groups is 1. The van der Waals surface area contributed by atoms with Crippen molar-refractivity contribution in [3.63, 3.8) is 0 Å². The third-order valence-corrected chi connectivity index (χ3v) is 4.58. The number of rotatable bonds is 7. The summed E-state index contributed by atoms with van der Waals surface area (Å²) in [4.78, 5) is 0. The predicted octanol–water partition coefficient (Wildman–Crippen LogP) is 3.83. The Morgan fingerprint density at radius 1 is 1.12 bits per heavy atom. The van der Waals surface area contributed by atoms with Gasteiger partial charge in [-0.1, -0.05) is 24.3 Å². The molecular formula is C21H26O5. The van der Waals surface area contributed by atoms with Gasteiger partial charge in [0, 0.05) is 12.2 Å². The fourth-order valence-corrected chi connectivity index (χ4v) is 3.09. The van der Waals surface area contributed by atoms with Crippen molar-refractivity contribution in [3.8, 4) is 11.5 Å². The van der Waals surface area contributed by atoms with E-state index in [1.54, 1.807) is 14.2 Å². The number of ether oxygens (including phenoxy) is 4. The minimum absolute atomic E-state index is 0.128. The summed E-state index contributed by atoms with van der Waals surface area (Å²) in [5.74, 6) is 1.34. The van der Waals surface area contributed by atoms with Crippen molar-refractivity contribution in [3.05, 3.63) is 59.2 Å². The molecule has 0 saturated carbocycles. The van der Waals surface area contributed by atoms with Crippen LogP contribution in [-0.2, 0) is 16.1 Å². The van der Waals surface area contributed by atoms with Crippen LogP contribution in [-0.4, -0.2) is 32.2 Å². The van der Waals surface area contributed by atoms with Crippen molar-refractivity contribution >= 4 is 0 Å². The third kappa shape index (κ3) is 4.55. The molecule has 1 N–H and O–H groups in total. The number of hydrogen-bond acceptors (Lipinski definition) is 5. The van der Waals surface area contributed by atoms with E-state index in [0.717, 1.165) is 37.0 Å². The molecule has 2 unspecified atom stereocenters. The van der Waals surface area contributed by atoms with Gasteiger partial charge in [-0.15, -0.1) is 0 Å². The number of aliphatic hydroxyl groups excluding tert-OH is 1. The first-order chi connectivity index (χ1) is 12.7. The first kappa shape index (κ1) is 18.7. The maximum absolute atomic E-state index is 10.8. The van der Waals surface area contributed by atoms with Crippen molar-refractivity contribution in [1.82, 2.24) is 0 Å². The molecule has 2 atom stereocenters. The Labute approximate surface area is 154 Å². The summed E-state index contributed by atoms with van der Waals surface area (Å²) in [5.41, 5.74) is 2.44. The Morgan fingerprint density at radius 2 is 2.00 bits per heavy atom. The van der Waals surface area contributed by atoms with Gasteiger partial charge >= 0.3 is 0 Å². The number of benzene rings is 2. The Bertz CT molecular complexity index is 709. The first-order valence-corrected chi connectivity index (χ1v) is 8.93.